The highest BCUT2D eigenvalue weighted by molar-refractivity contribution is 5.59. The van der Waals surface area contributed by atoms with Gasteiger partial charge in [0.25, 0.3) is 0 Å². The van der Waals surface area contributed by atoms with E-state index in [1.165, 1.54) is 13.2 Å². The van der Waals surface area contributed by atoms with Gasteiger partial charge in [-0.2, -0.15) is 0 Å². The topological polar surface area (TPSA) is 75.8 Å². The lowest BCUT2D eigenvalue weighted by atomic mass is 9.98. The monoisotopic (exact) mass is 266 g/mol. The van der Waals surface area contributed by atoms with Gasteiger partial charge in [-0.1, -0.05) is 0 Å². The second-order valence-electron chi connectivity index (χ2n) is 4.75. The summed E-state index contributed by atoms with van der Waals surface area (Å²) in [5, 5.41) is 20.1. The summed E-state index contributed by atoms with van der Waals surface area (Å²) < 4.78 is 5.07. The number of hydrogen-bond donors (Lipinski definition) is 1. The molecule has 1 atom stereocenters. The maximum Gasteiger partial charge on any atom is 0.311 e. The average Bonchev–Trinajstić information content (AvgIpc) is 2.46. The minimum absolute atomic E-state index is 0.0260. The number of aliphatic hydroxyl groups is 1. The molecule has 1 aliphatic rings. The lowest BCUT2D eigenvalue weighted by molar-refractivity contribution is -0.385. The van der Waals surface area contributed by atoms with E-state index in [2.05, 4.69) is 4.90 Å². The molecule has 0 aromatic heterocycles. The fraction of sp³-hybridized carbons (Fsp3) is 0.538. The average molecular weight is 266 g/mol. The van der Waals surface area contributed by atoms with Crippen LogP contribution in [0.1, 0.15) is 12.8 Å². The molecular formula is C13H18N2O4. The molecule has 1 saturated heterocycles. The van der Waals surface area contributed by atoms with Crippen LogP contribution in [0.4, 0.5) is 11.4 Å². The van der Waals surface area contributed by atoms with Crippen molar-refractivity contribution in [1.29, 1.82) is 0 Å². The summed E-state index contributed by atoms with van der Waals surface area (Å²) in [6, 6.07) is 4.90. The second-order valence-corrected chi connectivity index (χ2v) is 4.75. The summed E-state index contributed by atoms with van der Waals surface area (Å²) in [6.45, 7) is 1.86. The first-order valence-corrected chi connectivity index (χ1v) is 6.34. The van der Waals surface area contributed by atoms with Crippen LogP contribution in [0.25, 0.3) is 0 Å². The smallest absolute Gasteiger partial charge is 0.311 e. The lowest BCUT2D eigenvalue weighted by Crippen LogP contribution is -2.36. The molecular weight excluding hydrogens is 248 g/mol. The number of benzene rings is 1. The summed E-state index contributed by atoms with van der Waals surface area (Å²) in [6.07, 6.45) is 2.04. The van der Waals surface area contributed by atoms with Gasteiger partial charge in [0.1, 0.15) is 0 Å². The predicted molar refractivity (Wildman–Crippen MR) is 71.7 cm³/mol. The zero-order chi connectivity index (χ0) is 13.8. The van der Waals surface area contributed by atoms with Crippen molar-refractivity contribution in [3.63, 3.8) is 0 Å². The number of ether oxygens (including phenoxy) is 1. The first-order chi connectivity index (χ1) is 9.15. The molecule has 1 aromatic rings. The van der Waals surface area contributed by atoms with Crippen molar-refractivity contribution in [2.24, 2.45) is 5.92 Å². The largest absolute Gasteiger partial charge is 0.490 e. The maximum atomic E-state index is 10.8. The third kappa shape index (κ3) is 2.96. The van der Waals surface area contributed by atoms with Crippen molar-refractivity contribution in [3.8, 4) is 5.75 Å². The van der Waals surface area contributed by atoms with Gasteiger partial charge in [-0.25, -0.2) is 0 Å². The highest BCUT2D eigenvalue weighted by atomic mass is 16.6. The number of methoxy groups -OCH3 is 1. The number of nitro groups is 1. The van der Waals surface area contributed by atoms with E-state index in [0.29, 0.717) is 0 Å². The van der Waals surface area contributed by atoms with Crippen LogP contribution in [0.15, 0.2) is 18.2 Å². The fourth-order valence-electron chi connectivity index (χ4n) is 2.46. The zero-order valence-corrected chi connectivity index (χ0v) is 10.9. The SMILES string of the molecule is COc1cc(N2CCC[C@H](CO)C2)ccc1[N+](=O)[O-]. The number of anilines is 1. The van der Waals surface area contributed by atoms with Crippen LogP contribution in [0.3, 0.4) is 0 Å². The van der Waals surface area contributed by atoms with Gasteiger partial charge >= 0.3 is 5.69 Å². The number of hydrogen-bond acceptors (Lipinski definition) is 5. The first-order valence-electron chi connectivity index (χ1n) is 6.34. The molecule has 0 bridgehead atoms. The molecule has 2 rings (SSSR count). The lowest BCUT2D eigenvalue weighted by Gasteiger charge is -2.33. The number of rotatable bonds is 4. The Balaban J connectivity index is 2.23. The van der Waals surface area contributed by atoms with Crippen LogP contribution in [0.5, 0.6) is 5.75 Å². The molecule has 1 fully saturated rings. The highest BCUT2D eigenvalue weighted by Gasteiger charge is 2.22. The van der Waals surface area contributed by atoms with Crippen LogP contribution in [-0.4, -0.2) is 36.8 Å². The van der Waals surface area contributed by atoms with Gasteiger partial charge in [0.2, 0.25) is 0 Å². The Morgan fingerprint density at radius 3 is 3.00 bits per heavy atom. The minimum atomic E-state index is -0.449. The van der Waals surface area contributed by atoms with E-state index in [1.54, 1.807) is 12.1 Å². The third-order valence-corrected chi connectivity index (χ3v) is 3.50. The Labute approximate surface area is 111 Å². The van der Waals surface area contributed by atoms with Crippen LogP contribution in [0, 0.1) is 16.0 Å². The quantitative estimate of drug-likeness (QED) is 0.664. The molecule has 0 spiro atoms. The standard InChI is InChI=1S/C13H18N2O4/c1-19-13-7-11(4-5-12(13)15(17)18)14-6-2-3-10(8-14)9-16/h4-5,7,10,16H,2-3,6,8-9H2,1H3/t10-/m0/s1. The molecule has 104 valence electrons. The van der Waals surface area contributed by atoms with Crippen molar-refractivity contribution in [1.82, 2.24) is 0 Å². The fourth-order valence-corrected chi connectivity index (χ4v) is 2.46. The molecule has 0 unspecified atom stereocenters. The molecule has 19 heavy (non-hydrogen) atoms. The van der Waals surface area contributed by atoms with Crippen LogP contribution >= 0.6 is 0 Å². The van der Waals surface area contributed by atoms with E-state index in [0.717, 1.165) is 31.6 Å². The van der Waals surface area contributed by atoms with Crippen LogP contribution < -0.4 is 9.64 Å². The molecule has 0 saturated carbocycles. The molecule has 0 amide bonds. The number of aliphatic hydroxyl groups excluding tert-OH is 1. The van der Waals surface area contributed by atoms with E-state index in [9.17, 15) is 15.2 Å². The van der Waals surface area contributed by atoms with E-state index in [1.807, 2.05) is 0 Å². The molecule has 6 nitrogen and oxygen atoms in total. The summed E-state index contributed by atoms with van der Waals surface area (Å²) >= 11 is 0. The van der Waals surface area contributed by atoms with Crippen molar-refractivity contribution >= 4 is 11.4 Å². The van der Waals surface area contributed by atoms with Crippen LogP contribution in [0.2, 0.25) is 0 Å². The van der Waals surface area contributed by atoms with Gasteiger partial charge in [0.05, 0.1) is 12.0 Å². The van der Waals surface area contributed by atoms with Gasteiger partial charge in [0, 0.05) is 37.5 Å². The Kier molecular flexibility index (Phi) is 4.21. The van der Waals surface area contributed by atoms with E-state index in [4.69, 9.17) is 4.74 Å². The molecule has 6 heteroatoms. The molecule has 1 aliphatic heterocycles. The summed E-state index contributed by atoms with van der Waals surface area (Å²) in [5.74, 6) is 0.545. The highest BCUT2D eigenvalue weighted by Crippen LogP contribution is 2.32. The minimum Gasteiger partial charge on any atom is -0.490 e. The van der Waals surface area contributed by atoms with Gasteiger partial charge in [-0.15, -0.1) is 0 Å². The van der Waals surface area contributed by atoms with E-state index in [-0.39, 0.29) is 24.0 Å². The Morgan fingerprint density at radius 2 is 2.37 bits per heavy atom. The van der Waals surface area contributed by atoms with Gasteiger partial charge in [-0.3, -0.25) is 10.1 Å². The van der Waals surface area contributed by atoms with E-state index < -0.39 is 4.92 Å². The van der Waals surface area contributed by atoms with Gasteiger partial charge in [-0.05, 0) is 24.8 Å². The Morgan fingerprint density at radius 1 is 1.58 bits per heavy atom. The van der Waals surface area contributed by atoms with Crippen LogP contribution in [-0.2, 0) is 0 Å². The summed E-state index contributed by atoms with van der Waals surface area (Å²) in [4.78, 5) is 12.5. The Hall–Kier alpha value is -1.82. The summed E-state index contributed by atoms with van der Waals surface area (Å²) in [7, 11) is 1.43. The van der Waals surface area contributed by atoms with Crippen molar-refractivity contribution in [2.45, 2.75) is 12.8 Å². The third-order valence-electron chi connectivity index (χ3n) is 3.50. The zero-order valence-electron chi connectivity index (χ0n) is 10.9. The number of nitrogens with zero attached hydrogens (tertiary/aromatic N) is 2. The second kappa shape index (κ2) is 5.88. The van der Waals surface area contributed by atoms with Crippen molar-refractivity contribution in [2.75, 3.05) is 31.7 Å². The van der Waals surface area contributed by atoms with E-state index >= 15 is 0 Å². The van der Waals surface area contributed by atoms with Crippen molar-refractivity contribution in [3.05, 3.63) is 28.3 Å². The molecule has 0 aliphatic carbocycles. The number of nitro benzene ring substituents is 1. The van der Waals surface area contributed by atoms with Crippen molar-refractivity contribution < 1.29 is 14.8 Å². The number of piperidine rings is 1. The summed E-state index contributed by atoms with van der Waals surface area (Å²) in [5.41, 5.74) is 0.877. The van der Waals surface area contributed by atoms with Gasteiger partial charge < -0.3 is 14.7 Å². The molecule has 0 radical (unpaired) electrons. The first kappa shape index (κ1) is 13.6. The molecule has 1 heterocycles. The molecule has 1 N–H and O–H groups in total. The normalized spacial score (nSPS) is 19.3. The maximum absolute atomic E-state index is 10.8. The molecule has 1 aromatic carbocycles. The Bertz CT molecular complexity index is 464. The van der Waals surface area contributed by atoms with Gasteiger partial charge in [0.15, 0.2) is 5.75 Å². The predicted octanol–water partition coefficient (Wildman–Crippen LogP) is 1.81.